The number of hydrogen-bond donors (Lipinski definition) is 4. The second kappa shape index (κ2) is 7.01. The quantitative estimate of drug-likeness (QED) is 0.614. The first-order valence-corrected chi connectivity index (χ1v) is 6.41. The zero-order valence-corrected chi connectivity index (χ0v) is 11.9. The van der Waals surface area contributed by atoms with Gasteiger partial charge >= 0.3 is 11.9 Å². The van der Waals surface area contributed by atoms with Gasteiger partial charge in [0.15, 0.2) is 0 Å². The SMILES string of the molecule is NC(CCC(=O)O)C(=O)Nc1ccc(C(=O)O)cc1Br. The molecule has 0 radical (unpaired) electrons. The van der Waals surface area contributed by atoms with Crippen LogP contribution in [0.2, 0.25) is 0 Å². The lowest BCUT2D eigenvalue weighted by molar-refractivity contribution is -0.137. The van der Waals surface area contributed by atoms with Crippen molar-refractivity contribution in [3.63, 3.8) is 0 Å². The van der Waals surface area contributed by atoms with Gasteiger partial charge in [0.2, 0.25) is 5.91 Å². The zero-order chi connectivity index (χ0) is 15.3. The Morgan fingerprint density at radius 1 is 1.30 bits per heavy atom. The topological polar surface area (TPSA) is 130 Å². The molecule has 0 saturated heterocycles. The number of halogens is 1. The van der Waals surface area contributed by atoms with Crippen molar-refractivity contribution in [1.82, 2.24) is 0 Å². The molecule has 0 fully saturated rings. The fourth-order valence-corrected chi connectivity index (χ4v) is 1.86. The van der Waals surface area contributed by atoms with E-state index >= 15 is 0 Å². The van der Waals surface area contributed by atoms with Crippen LogP contribution in [0.1, 0.15) is 23.2 Å². The summed E-state index contributed by atoms with van der Waals surface area (Å²) >= 11 is 3.14. The molecule has 1 aromatic carbocycles. The maximum absolute atomic E-state index is 11.7. The number of carbonyl (C=O) groups is 3. The van der Waals surface area contributed by atoms with Gasteiger partial charge < -0.3 is 21.3 Å². The lowest BCUT2D eigenvalue weighted by Gasteiger charge is -2.12. The molecule has 0 saturated carbocycles. The number of amides is 1. The largest absolute Gasteiger partial charge is 0.481 e. The molecule has 0 aromatic heterocycles. The average Bonchev–Trinajstić information content (AvgIpc) is 2.37. The van der Waals surface area contributed by atoms with Gasteiger partial charge in [-0.15, -0.1) is 0 Å². The fraction of sp³-hybridized carbons (Fsp3) is 0.250. The molecule has 0 aliphatic heterocycles. The Labute approximate surface area is 122 Å². The molecule has 1 atom stereocenters. The Kier molecular flexibility index (Phi) is 5.66. The molecular formula is C12H13BrN2O5. The van der Waals surface area contributed by atoms with Crippen molar-refractivity contribution in [1.29, 1.82) is 0 Å². The molecule has 1 amide bonds. The van der Waals surface area contributed by atoms with Crippen LogP contribution in [0, 0.1) is 0 Å². The standard InChI is InChI=1S/C12H13BrN2O5/c13-7-5-6(12(19)20)1-3-9(7)15-11(18)8(14)2-4-10(16)17/h1,3,5,8H,2,4,14H2,(H,15,18)(H,16,17)(H,19,20). The molecule has 7 nitrogen and oxygen atoms in total. The van der Waals surface area contributed by atoms with E-state index < -0.39 is 23.9 Å². The van der Waals surface area contributed by atoms with Gasteiger partial charge in [0.05, 0.1) is 17.3 Å². The molecule has 0 heterocycles. The summed E-state index contributed by atoms with van der Waals surface area (Å²) in [5, 5.41) is 19.8. The molecule has 1 aromatic rings. The highest BCUT2D eigenvalue weighted by Gasteiger charge is 2.16. The number of rotatable bonds is 6. The van der Waals surface area contributed by atoms with Gasteiger partial charge in [-0.05, 0) is 40.5 Å². The van der Waals surface area contributed by atoms with Crippen molar-refractivity contribution < 1.29 is 24.6 Å². The predicted octanol–water partition coefficient (Wildman–Crippen LogP) is 1.28. The molecule has 0 spiro atoms. The van der Waals surface area contributed by atoms with Crippen LogP contribution in [-0.2, 0) is 9.59 Å². The van der Waals surface area contributed by atoms with Crippen LogP contribution in [0.25, 0.3) is 0 Å². The Morgan fingerprint density at radius 2 is 1.95 bits per heavy atom. The maximum atomic E-state index is 11.7. The number of nitrogens with one attached hydrogen (secondary N) is 1. The molecule has 0 aliphatic carbocycles. The number of benzene rings is 1. The number of carboxylic acids is 2. The zero-order valence-electron chi connectivity index (χ0n) is 10.3. The summed E-state index contributed by atoms with van der Waals surface area (Å²) < 4.78 is 0.399. The highest BCUT2D eigenvalue weighted by Crippen LogP contribution is 2.24. The van der Waals surface area contributed by atoms with Crippen LogP contribution in [-0.4, -0.2) is 34.1 Å². The van der Waals surface area contributed by atoms with E-state index in [-0.39, 0.29) is 18.4 Å². The first-order chi connectivity index (χ1) is 9.31. The Balaban J connectivity index is 2.70. The number of aromatic carboxylic acids is 1. The maximum Gasteiger partial charge on any atom is 0.335 e. The van der Waals surface area contributed by atoms with Gasteiger partial charge in [-0.3, -0.25) is 9.59 Å². The van der Waals surface area contributed by atoms with Gasteiger partial charge in [0.1, 0.15) is 0 Å². The third kappa shape index (κ3) is 4.63. The Morgan fingerprint density at radius 3 is 2.45 bits per heavy atom. The van der Waals surface area contributed by atoms with Crippen molar-refractivity contribution in [2.75, 3.05) is 5.32 Å². The Hall–Kier alpha value is -1.93. The minimum absolute atomic E-state index is 0.0198. The van der Waals surface area contributed by atoms with Crippen LogP contribution in [0.3, 0.4) is 0 Å². The van der Waals surface area contributed by atoms with Crippen molar-refractivity contribution in [2.24, 2.45) is 5.73 Å². The normalized spacial score (nSPS) is 11.7. The fourth-order valence-electron chi connectivity index (χ4n) is 1.39. The lowest BCUT2D eigenvalue weighted by atomic mass is 10.1. The summed E-state index contributed by atoms with van der Waals surface area (Å²) in [6, 6.07) is 3.17. The van der Waals surface area contributed by atoms with Crippen LogP contribution in [0.4, 0.5) is 5.69 Å². The van der Waals surface area contributed by atoms with Gasteiger partial charge in [0.25, 0.3) is 0 Å². The lowest BCUT2D eigenvalue weighted by Crippen LogP contribution is -2.36. The highest BCUT2D eigenvalue weighted by atomic mass is 79.9. The molecule has 5 N–H and O–H groups in total. The van der Waals surface area contributed by atoms with E-state index in [1.165, 1.54) is 18.2 Å². The van der Waals surface area contributed by atoms with Crippen molar-refractivity contribution >= 4 is 39.5 Å². The number of carboxylic acid groups (broad SMARTS) is 2. The van der Waals surface area contributed by atoms with Crippen molar-refractivity contribution in [3.05, 3.63) is 28.2 Å². The van der Waals surface area contributed by atoms with Gasteiger partial charge in [-0.25, -0.2) is 4.79 Å². The van der Waals surface area contributed by atoms with E-state index in [0.29, 0.717) is 10.2 Å². The summed E-state index contributed by atoms with van der Waals surface area (Å²) in [6.45, 7) is 0. The first-order valence-electron chi connectivity index (χ1n) is 5.62. The second-order valence-corrected chi connectivity index (χ2v) is 4.88. The summed E-state index contributed by atoms with van der Waals surface area (Å²) in [5.41, 5.74) is 6.00. The number of carbonyl (C=O) groups excluding carboxylic acids is 1. The highest BCUT2D eigenvalue weighted by molar-refractivity contribution is 9.10. The van der Waals surface area contributed by atoms with Crippen LogP contribution in [0.15, 0.2) is 22.7 Å². The molecule has 1 rings (SSSR count). The van der Waals surface area contributed by atoms with Crippen LogP contribution < -0.4 is 11.1 Å². The minimum Gasteiger partial charge on any atom is -0.481 e. The molecule has 0 aliphatic rings. The van der Waals surface area contributed by atoms with E-state index in [9.17, 15) is 14.4 Å². The molecule has 0 bridgehead atoms. The molecule has 108 valence electrons. The van der Waals surface area contributed by atoms with Crippen molar-refractivity contribution in [3.8, 4) is 0 Å². The van der Waals surface area contributed by atoms with E-state index in [1.807, 2.05) is 0 Å². The summed E-state index contributed by atoms with van der Waals surface area (Å²) in [5.74, 6) is -2.64. The van der Waals surface area contributed by atoms with Gasteiger partial charge in [-0.1, -0.05) is 0 Å². The smallest absolute Gasteiger partial charge is 0.335 e. The van der Waals surface area contributed by atoms with E-state index in [0.717, 1.165) is 0 Å². The second-order valence-electron chi connectivity index (χ2n) is 4.03. The molecule has 1 unspecified atom stereocenters. The molecule has 8 heteroatoms. The van der Waals surface area contributed by atoms with Crippen LogP contribution >= 0.6 is 15.9 Å². The molecular weight excluding hydrogens is 332 g/mol. The van der Waals surface area contributed by atoms with Crippen molar-refractivity contribution in [2.45, 2.75) is 18.9 Å². The van der Waals surface area contributed by atoms with E-state index in [4.69, 9.17) is 15.9 Å². The minimum atomic E-state index is -1.08. The first kappa shape index (κ1) is 16.1. The summed E-state index contributed by atoms with van der Waals surface area (Å²) in [6.07, 6.45) is -0.181. The number of nitrogens with two attached hydrogens (primary N) is 1. The average molecular weight is 345 g/mol. The monoisotopic (exact) mass is 344 g/mol. The summed E-state index contributed by atoms with van der Waals surface area (Å²) in [4.78, 5) is 32.9. The van der Waals surface area contributed by atoms with Gasteiger partial charge in [0, 0.05) is 10.9 Å². The van der Waals surface area contributed by atoms with Crippen LogP contribution in [0.5, 0.6) is 0 Å². The number of hydrogen-bond acceptors (Lipinski definition) is 4. The summed E-state index contributed by atoms with van der Waals surface area (Å²) in [7, 11) is 0. The van der Waals surface area contributed by atoms with E-state index in [2.05, 4.69) is 21.2 Å². The van der Waals surface area contributed by atoms with E-state index in [1.54, 1.807) is 0 Å². The number of anilines is 1. The number of aliphatic carboxylic acids is 1. The molecule has 20 heavy (non-hydrogen) atoms. The third-order valence-electron chi connectivity index (χ3n) is 2.48. The predicted molar refractivity (Wildman–Crippen MR) is 74.6 cm³/mol. The Bertz CT molecular complexity index is 547. The third-order valence-corrected chi connectivity index (χ3v) is 3.14. The van der Waals surface area contributed by atoms with Gasteiger partial charge in [-0.2, -0.15) is 0 Å².